The molecule has 0 aliphatic carbocycles. The maximum absolute atomic E-state index is 12.5. The monoisotopic (exact) mass is 1280 g/mol. The van der Waals surface area contributed by atoms with Crippen molar-refractivity contribution in [3.63, 3.8) is 0 Å². The van der Waals surface area contributed by atoms with Crippen molar-refractivity contribution in [2.75, 3.05) is 59.5 Å². The number of nitrogens with one attached hydrogen (secondary N) is 3. The molecule has 18 nitrogen and oxygen atoms in total. The van der Waals surface area contributed by atoms with Gasteiger partial charge < -0.3 is 75.0 Å². The summed E-state index contributed by atoms with van der Waals surface area (Å²) in [6.45, 7) is 13.6. The van der Waals surface area contributed by atoms with E-state index in [-0.39, 0.29) is 106 Å². The standard InChI is InChI=1S/3C24H33NO5.2CH4/c3*1-18(26)15-30-19(2)16-29-17-22(14-21-8-11-23(27)12-9-21)25-24(28)13-10-20-6-4-3-5-7-20;;/h3*3-9,11-12,18-19,22,26-27H,10,13-17H2,1-2H3,(H,25,28);2*1H4/t18-,19?,22?;2*18-,19+,22?;;/m110../s1. The van der Waals surface area contributed by atoms with E-state index < -0.39 is 18.3 Å². The van der Waals surface area contributed by atoms with Gasteiger partial charge in [-0.1, -0.05) is 142 Å². The fourth-order valence-electron chi connectivity index (χ4n) is 9.00. The molecule has 92 heavy (non-hydrogen) atoms. The number of carbonyl (C=O) groups is 3. The van der Waals surface area contributed by atoms with Gasteiger partial charge in [0, 0.05) is 19.3 Å². The van der Waals surface area contributed by atoms with Crippen LogP contribution in [0, 0.1) is 0 Å². The van der Waals surface area contributed by atoms with E-state index in [0.717, 1.165) is 33.4 Å². The molecule has 6 aromatic carbocycles. The summed E-state index contributed by atoms with van der Waals surface area (Å²) in [4.78, 5) is 37.5. The molecular formula is C74H107N3O15. The van der Waals surface area contributed by atoms with Gasteiger partial charge in [0.15, 0.2) is 0 Å². The van der Waals surface area contributed by atoms with Crippen LogP contribution in [0.4, 0.5) is 0 Å². The summed E-state index contributed by atoms with van der Waals surface area (Å²) < 4.78 is 33.8. The molecule has 0 heterocycles. The first kappa shape index (κ1) is 80.9. The number of aromatic hydroxyl groups is 3. The van der Waals surface area contributed by atoms with Crippen LogP contribution in [0.1, 0.15) is 109 Å². The Morgan fingerprint density at radius 1 is 0.326 bits per heavy atom. The van der Waals surface area contributed by atoms with E-state index >= 15 is 0 Å². The van der Waals surface area contributed by atoms with Gasteiger partial charge in [-0.05, 0) is 150 Å². The Kier molecular flexibility index (Phi) is 41.9. The molecule has 6 rings (SSSR count). The third-order valence-corrected chi connectivity index (χ3v) is 13.7. The molecule has 0 aliphatic heterocycles. The molecule has 9 atom stereocenters. The molecule has 4 unspecified atom stereocenters. The minimum absolute atomic E-state index is 0. The highest BCUT2D eigenvalue weighted by molar-refractivity contribution is 5.77. The van der Waals surface area contributed by atoms with Crippen LogP contribution in [-0.2, 0) is 81.3 Å². The van der Waals surface area contributed by atoms with Crippen molar-refractivity contribution in [3.05, 3.63) is 197 Å². The van der Waals surface area contributed by atoms with Crippen molar-refractivity contribution in [1.82, 2.24) is 16.0 Å². The number of benzene rings is 6. The number of hydrogen-bond acceptors (Lipinski definition) is 15. The molecule has 0 spiro atoms. The zero-order valence-corrected chi connectivity index (χ0v) is 53.4. The van der Waals surface area contributed by atoms with Crippen LogP contribution < -0.4 is 16.0 Å². The number of amides is 3. The lowest BCUT2D eigenvalue weighted by Crippen LogP contribution is -2.40. The molecule has 0 saturated carbocycles. The lowest BCUT2D eigenvalue weighted by Gasteiger charge is -2.21. The first-order valence-electron chi connectivity index (χ1n) is 31.2. The Morgan fingerprint density at radius 2 is 0.554 bits per heavy atom. The number of aliphatic hydroxyl groups is 3. The summed E-state index contributed by atoms with van der Waals surface area (Å²) in [6.07, 6.45) is 3.07. The Labute approximate surface area is 547 Å². The molecule has 0 bridgehead atoms. The van der Waals surface area contributed by atoms with E-state index in [9.17, 15) is 45.0 Å². The third kappa shape index (κ3) is 39.2. The number of ether oxygens (including phenoxy) is 6. The molecule has 508 valence electrons. The van der Waals surface area contributed by atoms with Gasteiger partial charge in [0.1, 0.15) is 17.2 Å². The van der Waals surface area contributed by atoms with Gasteiger partial charge >= 0.3 is 0 Å². The van der Waals surface area contributed by atoms with E-state index in [4.69, 9.17) is 28.4 Å². The molecule has 0 radical (unpaired) electrons. The van der Waals surface area contributed by atoms with Gasteiger partial charge in [0.05, 0.1) is 114 Å². The zero-order chi connectivity index (χ0) is 65.3. The van der Waals surface area contributed by atoms with Crippen LogP contribution in [0.25, 0.3) is 0 Å². The molecule has 6 aromatic rings. The van der Waals surface area contributed by atoms with Crippen LogP contribution in [0.3, 0.4) is 0 Å². The number of rotatable bonds is 39. The Morgan fingerprint density at radius 3 is 0.772 bits per heavy atom. The van der Waals surface area contributed by atoms with Crippen LogP contribution in [0.5, 0.6) is 17.2 Å². The quantitative estimate of drug-likeness (QED) is 0.0174. The lowest BCUT2D eigenvalue weighted by molar-refractivity contribution is -0.123. The van der Waals surface area contributed by atoms with Crippen molar-refractivity contribution >= 4 is 17.7 Å². The molecule has 0 aliphatic rings. The number of phenols is 3. The number of carbonyl (C=O) groups excluding carboxylic acids is 3. The normalized spacial score (nSPS) is 13.8. The first-order chi connectivity index (χ1) is 43.3. The molecule has 3 amide bonds. The van der Waals surface area contributed by atoms with E-state index in [1.165, 1.54) is 0 Å². The molecule has 0 fully saturated rings. The van der Waals surface area contributed by atoms with Crippen LogP contribution >= 0.6 is 0 Å². The summed E-state index contributed by atoms with van der Waals surface area (Å²) in [7, 11) is 0. The highest BCUT2D eigenvalue weighted by Gasteiger charge is 2.19. The largest absolute Gasteiger partial charge is 0.508 e. The number of phenolic OH excluding ortho intramolecular Hbond substituents is 3. The second-order valence-corrected chi connectivity index (χ2v) is 23.0. The van der Waals surface area contributed by atoms with Gasteiger partial charge in [-0.2, -0.15) is 0 Å². The van der Waals surface area contributed by atoms with Gasteiger partial charge in [-0.3, -0.25) is 14.4 Å². The topological polar surface area (TPSA) is 264 Å². The van der Waals surface area contributed by atoms with Gasteiger partial charge in [0.2, 0.25) is 17.7 Å². The van der Waals surface area contributed by atoms with Crippen molar-refractivity contribution in [2.24, 2.45) is 0 Å². The second-order valence-electron chi connectivity index (χ2n) is 23.0. The lowest BCUT2D eigenvalue weighted by atomic mass is 10.1. The number of aliphatic hydroxyl groups excluding tert-OH is 3. The Hall–Kier alpha value is -7.23. The summed E-state index contributed by atoms with van der Waals surface area (Å²) >= 11 is 0. The smallest absolute Gasteiger partial charge is 0.220 e. The third-order valence-electron chi connectivity index (χ3n) is 13.7. The van der Waals surface area contributed by atoms with Crippen molar-refractivity contribution in [2.45, 2.75) is 169 Å². The average Bonchev–Trinajstić information content (AvgIpc) is 1.72. The van der Waals surface area contributed by atoms with Gasteiger partial charge in [0.25, 0.3) is 0 Å². The van der Waals surface area contributed by atoms with E-state index in [1.54, 1.807) is 57.2 Å². The predicted molar refractivity (Wildman–Crippen MR) is 363 cm³/mol. The summed E-state index contributed by atoms with van der Waals surface area (Å²) in [5.41, 5.74) is 6.39. The van der Waals surface area contributed by atoms with E-state index in [0.29, 0.717) is 97.4 Å². The minimum Gasteiger partial charge on any atom is -0.508 e. The first-order valence-corrected chi connectivity index (χ1v) is 31.2. The second kappa shape index (κ2) is 47.6. The van der Waals surface area contributed by atoms with Crippen LogP contribution in [0.2, 0.25) is 0 Å². The molecular weight excluding hydrogens is 1170 g/mol. The number of aryl methyl sites for hydroxylation is 3. The molecule has 9 N–H and O–H groups in total. The SMILES string of the molecule is C.C.CC(COCC(Cc1ccc(O)cc1)NC(=O)CCc1ccccc1)OC[C@@H](C)O.C[C@@H](O)CO[C@@H](C)COCC(Cc1ccc(O)cc1)NC(=O)CCc1ccccc1.C[C@H](O)CO[C@H](C)COCC(Cc1ccc(O)cc1)NC(=O)CCc1ccccc1. The van der Waals surface area contributed by atoms with E-state index in [2.05, 4.69) is 16.0 Å². The zero-order valence-electron chi connectivity index (χ0n) is 53.4. The summed E-state index contributed by atoms with van der Waals surface area (Å²) in [5.74, 6) is 0.562. The number of hydrogen-bond donors (Lipinski definition) is 9. The molecule has 0 saturated heterocycles. The summed E-state index contributed by atoms with van der Waals surface area (Å²) in [5, 5.41) is 65.5. The van der Waals surface area contributed by atoms with Crippen LogP contribution in [-0.4, -0.2) is 163 Å². The van der Waals surface area contributed by atoms with Gasteiger partial charge in [-0.15, -0.1) is 0 Å². The van der Waals surface area contributed by atoms with Crippen molar-refractivity contribution < 1.29 is 73.4 Å². The molecule has 18 heteroatoms. The van der Waals surface area contributed by atoms with Gasteiger partial charge in [-0.25, -0.2) is 0 Å². The maximum Gasteiger partial charge on any atom is 0.220 e. The van der Waals surface area contributed by atoms with Crippen molar-refractivity contribution in [1.29, 1.82) is 0 Å². The minimum atomic E-state index is -0.515. The fraction of sp³-hybridized carbons (Fsp3) is 0.473. The van der Waals surface area contributed by atoms with Crippen LogP contribution in [0.15, 0.2) is 164 Å². The van der Waals surface area contributed by atoms with Crippen molar-refractivity contribution in [3.8, 4) is 17.2 Å². The fourth-order valence-corrected chi connectivity index (χ4v) is 9.00. The average molecular weight is 1280 g/mol. The Bertz CT molecular complexity index is 2510. The predicted octanol–water partition coefficient (Wildman–Crippen LogP) is 9.84. The summed E-state index contributed by atoms with van der Waals surface area (Å²) in [6, 6.07) is 50.0. The highest BCUT2D eigenvalue weighted by Crippen LogP contribution is 2.16. The molecule has 0 aromatic heterocycles. The maximum atomic E-state index is 12.5. The Balaban J connectivity index is 0.000000465. The highest BCUT2D eigenvalue weighted by atomic mass is 16.5. The van der Waals surface area contributed by atoms with E-state index in [1.807, 2.05) is 148 Å².